The van der Waals surface area contributed by atoms with Gasteiger partial charge in [-0.1, -0.05) is 42.5 Å². The molecule has 0 spiro atoms. The Morgan fingerprint density at radius 1 is 1.00 bits per heavy atom. The number of nitrogens with zero attached hydrogens (tertiary/aromatic N) is 1. The van der Waals surface area contributed by atoms with Gasteiger partial charge in [0.25, 0.3) is 5.91 Å². The van der Waals surface area contributed by atoms with Crippen LogP contribution in [0.5, 0.6) is 0 Å². The van der Waals surface area contributed by atoms with Gasteiger partial charge in [-0.2, -0.15) is 5.10 Å². The van der Waals surface area contributed by atoms with Gasteiger partial charge >= 0.3 is 5.97 Å². The van der Waals surface area contributed by atoms with Crippen molar-refractivity contribution in [1.82, 2.24) is 5.43 Å². The number of carbonyl (C=O) groups excluding carboxylic acids is 2. The molecule has 0 aromatic heterocycles. The number of hydrogen-bond acceptors (Lipinski definition) is 4. The quantitative estimate of drug-likeness (QED) is 0.524. The number of esters is 1. The minimum absolute atomic E-state index is 0.0982. The van der Waals surface area contributed by atoms with E-state index in [-0.39, 0.29) is 18.2 Å². The second kappa shape index (κ2) is 7.89. The van der Waals surface area contributed by atoms with Crippen LogP contribution < -0.4 is 5.43 Å². The summed E-state index contributed by atoms with van der Waals surface area (Å²) in [5.74, 6) is -0.930. The van der Waals surface area contributed by atoms with Gasteiger partial charge in [0.05, 0.1) is 6.61 Å². The minimum atomic E-state index is -0.549. The lowest BCUT2D eigenvalue weighted by atomic mass is 10.0. The molecule has 0 saturated heterocycles. The minimum Gasteiger partial charge on any atom is -0.461 e. The van der Waals surface area contributed by atoms with Crippen molar-refractivity contribution < 1.29 is 14.3 Å². The van der Waals surface area contributed by atoms with E-state index in [0.29, 0.717) is 5.56 Å². The van der Waals surface area contributed by atoms with Crippen molar-refractivity contribution in [2.45, 2.75) is 13.8 Å². The number of nitrogens with one attached hydrogen (secondary N) is 1. The highest BCUT2D eigenvalue weighted by atomic mass is 16.5. The van der Waals surface area contributed by atoms with Crippen LogP contribution in [0.3, 0.4) is 0 Å². The fraction of sp³-hybridized carbons (Fsp3) is 0.167. The molecule has 0 atom stereocenters. The number of carbonyl (C=O) groups is 2. The van der Waals surface area contributed by atoms with Gasteiger partial charge in [-0.05, 0) is 37.1 Å². The standard InChI is InChI=1S/C18H18N2O3/c1-3-23-18(22)13(2)19-20-17(21)16-11-9-15(10-12-16)14-7-5-4-6-8-14/h4-12H,3H2,1-2H3,(H,20,21)/b19-13-. The average Bonchev–Trinajstić information content (AvgIpc) is 2.60. The van der Waals surface area contributed by atoms with Crippen molar-refractivity contribution in [3.8, 4) is 11.1 Å². The molecule has 2 aromatic carbocycles. The maximum Gasteiger partial charge on any atom is 0.354 e. The van der Waals surface area contributed by atoms with Crippen molar-refractivity contribution in [2.75, 3.05) is 6.61 Å². The number of hydrazone groups is 1. The lowest BCUT2D eigenvalue weighted by Gasteiger charge is -2.05. The second-order valence-corrected chi connectivity index (χ2v) is 4.80. The summed E-state index contributed by atoms with van der Waals surface area (Å²) in [4.78, 5) is 23.4. The summed E-state index contributed by atoms with van der Waals surface area (Å²) in [5, 5.41) is 3.74. The van der Waals surface area contributed by atoms with Crippen LogP contribution in [0, 0.1) is 0 Å². The van der Waals surface area contributed by atoms with Crippen LogP contribution in [0.15, 0.2) is 59.7 Å². The van der Waals surface area contributed by atoms with Crippen LogP contribution in [0.4, 0.5) is 0 Å². The highest BCUT2D eigenvalue weighted by molar-refractivity contribution is 6.35. The van der Waals surface area contributed by atoms with E-state index in [1.165, 1.54) is 6.92 Å². The molecule has 0 aliphatic carbocycles. The first-order valence-electron chi connectivity index (χ1n) is 7.29. The Bertz CT molecular complexity index is 707. The third-order valence-electron chi connectivity index (χ3n) is 3.15. The maximum absolute atomic E-state index is 12.0. The Labute approximate surface area is 135 Å². The number of benzene rings is 2. The van der Waals surface area contributed by atoms with Crippen LogP contribution >= 0.6 is 0 Å². The molecule has 0 fully saturated rings. The zero-order valence-corrected chi connectivity index (χ0v) is 13.1. The van der Waals surface area contributed by atoms with Gasteiger partial charge in [0.1, 0.15) is 5.71 Å². The summed E-state index contributed by atoms with van der Waals surface area (Å²) in [7, 11) is 0. The summed E-state index contributed by atoms with van der Waals surface area (Å²) in [6.45, 7) is 3.45. The Morgan fingerprint density at radius 3 is 2.22 bits per heavy atom. The number of amides is 1. The molecule has 1 N–H and O–H groups in total. The van der Waals surface area contributed by atoms with E-state index < -0.39 is 5.97 Å². The van der Waals surface area contributed by atoms with Crippen LogP contribution in [-0.2, 0) is 9.53 Å². The Hall–Kier alpha value is -2.95. The first-order valence-corrected chi connectivity index (χ1v) is 7.29. The Morgan fingerprint density at radius 2 is 1.61 bits per heavy atom. The lowest BCUT2D eigenvalue weighted by Crippen LogP contribution is -2.23. The first-order chi connectivity index (χ1) is 11.1. The highest BCUT2D eigenvalue weighted by Crippen LogP contribution is 2.19. The third kappa shape index (κ3) is 4.51. The van der Waals surface area contributed by atoms with Gasteiger partial charge in [0.2, 0.25) is 0 Å². The zero-order valence-electron chi connectivity index (χ0n) is 13.1. The van der Waals surface area contributed by atoms with E-state index in [4.69, 9.17) is 4.74 Å². The summed E-state index contributed by atoms with van der Waals surface area (Å²) < 4.78 is 4.79. The molecule has 1 amide bonds. The molecule has 0 aliphatic rings. The van der Waals surface area contributed by atoms with E-state index in [1.54, 1.807) is 19.1 Å². The van der Waals surface area contributed by atoms with Crippen LogP contribution in [0.1, 0.15) is 24.2 Å². The lowest BCUT2D eigenvalue weighted by molar-refractivity contribution is -0.135. The Kier molecular flexibility index (Phi) is 5.63. The fourth-order valence-electron chi connectivity index (χ4n) is 1.93. The Balaban J connectivity index is 2.03. The van der Waals surface area contributed by atoms with Gasteiger partial charge in [0, 0.05) is 5.56 Å². The van der Waals surface area contributed by atoms with Crippen LogP contribution in [-0.4, -0.2) is 24.2 Å². The normalized spacial score (nSPS) is 11.0. The summed E-state index contributed by atoms with van der Waals surface area (Å²) >= 11 is 0. The maximum atomic E-state index is 12.0. The van der Waals surface area contributed by atoms with E-state index in [1.807, 2.05) is 42.5 Å². The smallest absolute Gasteiger partial charge is 0.354 e. The number of ether oxygens (including phenoxy) is 1. The van der Waals surface area contributed by atoms with Crippen molar-refractivity contribution >= 4 is 17.6 Å². The fourth-order valence-corrected chi connectivity index (χ4v) is 1.93. The average molecular weight is 310 g/mol. The molecule has 0 radical (unpaired) electrons. The molecular formula is C18H18N2O3. The van der Waals surface area contributed by atoms with Gasteiger partial charge in [0.15, 0.2) is 0 Å². The zero-order chi connectivity index (χ0) is 16.7. The SMILES string of the molecule is CCOC(=O)/C(C)=N\NC(=O)c1ccc(-c2ccccc2)cc1. The predicted molar refractivity (Wildman–Crippen MR) is 89.1 cm³/mol. The van der Waals surface area contributed by atoms with Gasteiger partial charge in [-0.25, -0.2) is 10.2 Å². The van der Waals surface area contributed by atoms with Crippen molar-refractivity contribution in [1.29, 1.82) is 0 Å². The molecule has 23 heavy (non-hydrogen) atoms. The molecule has 0 bridgehead atoms. The monoisotopic (exact) mass is 310 g/mol. The van der Waals surface area contributed by atoms with E-state index in [9.17, 15) is 9.59 Å². The summed E-state index contributed by atoms with van der Waals surface area (Å²) in [6.07, 6.45) is 0. The van der Waals surface area contributed by atoms with E-state index >= 15 is 0 Å². The first kappa shape index (κ1) is 16.4. The summed E-state index contributed by atoms with van der Waals surface area (Å²) in [5.41, 5.74) is 5.01. The molecule has 2 rings (SSSR count). The molecular weight excluding hydrogens is 292 g/mol. The summed E-state index contributed by atoms with van der Waals surface area (Å²) in [6, 6.07) is 17.0. The molecule has 0 unspecified atom stereocenters. The van der Waals surface area contributed by atoms with E-state index in [0.717, 1.165) is 11.1 Å². The second-order valence-electron chi connectivity index (χ2n) is 4.80. The number of hydrogen-bond donors (Lipinski definition) is 1. The molecule has 5 nitrogen and oxygen atoms in total. The van der Waals surface area contributed by atoms with Crippen molar-refractivity contribution in [3.63, 3.8) is 0 Å². The predicted octanol–water partition coefficient (Wildman–Crippen LogP) is 3.02. The molecule has 0 aliphatic heterocycles. The molecule has 0 heterocycles. The highest BCUT2D eigenvalue weighted by Gasteiger charge is 2.09. The molecule has 5 heteroatoms. The van der Waals surface area contributed by atoms with Crippen LogP contribution in [0.25, 0.3) is 11.1 Å². The van der Waals surface area contributed by atoms with Crippen molar-refractivity contribution in [3.05, 3.63) is 60.2 Å². The molecule has 2 aromatic rings. The third-order valence-corrected chi connectivity index (χ3v) is 3.15. The van der Waals surface area contributed by atoms with Crippen LogP contribution in [0.2, 0.25) is 0 Å². The van der Waals surface area contributed by atoms with Gasteiger partial charge in [-0.15, -0.1) is 0 Å². The number of rotatable bonds is 5. The van der Waals surface area contributed by atoms with Crippen molar-refractivity contribution in [2.24, 2.45) is 5.10 Å². The molecule has 118 valence electrons. The van der Waals surface area contributed by atoms with Gasteiger partial charge < -0.3 is 4.74 Å². The largest absolute Gasteiger partial charge is 0.461 e. The van der Waals surface area contributed by atoms with E-state index in [2.05, 4.69) is 10.5 Å². The topological polar surface area (TPSA) is 67.8 Å². The molecule has 0 saturated carbocycles. The van der Waals surface area contributed by atoms with Gasteiger partial charge in [-0.3, -0.25) is 4.79 Å².